The molecular weight excluding hydrogens is 941 g/mol. The molecule has 0 unspecified atom stereocenters. The second-order valence-electron chi connectivity index (χ2n) is 20.0. The minimum absolute atomic E-state index is 1.10. The van der Waals surface area contributed by atoms with Crippen LogP contribution in [0, 0.1) is 0 Å². The lowest BCUT2D eigenvalue weighted by Crippen LogP contribution is -2.09. The van der Waals surface area contributed by atoms with E-state index in [1.165, 1.54) is 87.6 Å². The normalized spacial score (nSPS) is 11.3. The fourth-order valence-corrected chi connectivity index (χ4v) is 11.9. The summed E-state index contributed by atoms with van der Waals surface area (Å²) in [5.41, 5.74) is 18.6. The summed E-state index contributed by atoms with van der Waals surface area (Å²) in [7, 11) is 0. The maximum Gasteiger partial charge on any atom is 0.0462 e. The van der Waals surface area contributed by atoms with Crippen molar-refractivity contribution in [1.29, 1.82) is 0 Å². The van der Waals surface area contributed by atoms with Gasteiger partial charge in [-0.3, -0.25) is 0 Å². The molecule has 366 valence electrons. The van der Waals surface area contributed by atoms with Gasteiger partial charge >= 0.3 is 0 Å². The topological polar surface area (TPSA) is 6.48 Å². The molecular formula is C76H52N2. The molecule has 0 fully saturated rings. The summed E-state index contributed by atoms with van der Waals surface area (Å²) in [4.78, 5) is 4.66. The first-order valence-electron chi connectivity index (χ1n) is 26.8. The van der Waals surface area contributed by atoms with Crippen molar-refractivity contribution >= 4 is 77.2 Å². The van der Waals surface area contributed by atoms with Gasteiger partial charge in [-0.1, -0.05) is 231 Å². The van der Waals surface area contributed by atoms with Crippen molar-refractivity contribution in [3.05, 3.63) is 315 Å². The van der Waals surface area contributed by atoms with Gasteiger partial charge in [-0.25, -0.2) is 0 Å². The molecule has 0 aliphatic carbocycles. The molecule has 2 heteroatoms. The van der Waals surface area contributed by atoms with Crippen molar-refractivity contribution in [2.24, 2.45) is 0 Å². The molecule has 0 saturated carbocycles. The lowest BCUT2D eigenvalue weighted by atomic mass is 9.83. The van der Waals surface area contributed by atoms with Gasteiger partial charge < -0.3 is 9.80 Å². The third kappa shape index (κ3) is 8.34. The number of hydrogen-bond acceptors (Lipinski definition) is 2. The van der Waals surface area contributed by atoms with E-state index >= 15 is 0 Å². The van der Waals surface area contributed by atoms with Crippen molar-refractivity contribution in [3.8, 4) is 55.6 Å². The number of para-hydroxylation sites is 4. The Balaban J connectivity index is 0.980. The van der Waals surface area contributed by atoms with E-state index in [9.17, 15) is 0 Å². The van der Waals surface area contributed by atoms with Gasteiger partial charge in [-0.05, 0) is 184 Å². The van der Waals surface area contributed by atoms with Gasteiger partial charge in [0.25, 0.3) is 0 Å². The second-order valence-corrected chi connectivity index (χ2v) is 20.0. The van der Waals surface area contributed by atoms with Crippen molar-refractivity contribution < 1.29 is 0 Å². The van der Waals surface area contributed by atoms with Gasteiger partial charge in [0.1, 0.15) is 0 Å². The van der Waals surface area contributed by atoms with Gasteiger partial charge in [-0.15, -0.1) is 0 Å². The van der Waals surface area contributed by atoms with Gasteiger partial charge in [0.05, 0.1) is 0 Å². The number of benzene rings is 14. The predicted molar refractivity (Wildman–Crippen MR) is 333 cm³/mol. The van der Waals surface area contributed by atoms with Crippen LogP contribution in [0.4, 0.5) is 34.1 Å². The molecule has 0 radical (unpaired) electrons. The van der Waals surface area contributed by atoms with E-state index in [1.54, 1.807) is 0 Å². The average molecular weight is 993 g/mol. The largest absolute Gasteiger partial charge is 0.311 e. The Morgan fingerprint density at radius 3 is 0.641 bits per heavy atom. The number of nitrogens with zero attached hydrogens (tertiary/aromatic N) is 2. The van der Waals surface area contributed by atoms with Crippen LogP contribution in [-0.2, 0) is 0 Å². The first-order chi connectivity index (χ1) is 38.7. The van der Waals surface area contributed by atoms with Gasteiger partial charge in [-0.2, -0.15) is 0 Å². The number of hydrogen-bond donors (Lipinski definition) is 0. The van der Waals surface area contributed by atoms with E-state index in [1.807, 2.05) is 0 Å². The Labute approximate surface area is 455 Å². The molecule has 0 amide bonds. The molecule has 0 spiro atoms. The van der Waals surface area contributed by atoms with Gasteiger partial charge in [0.15, 0.2) is 0 Å². The Kier molecular flexibility index (Phi) is 11.9. The minimum atomic E-state index is 1.10. The summed E-state index contributed by atoms with van der Waals surface area (Å²) in [6.45, 7) is 0. The van der Waals surface area contributed by atoms with Crippen molar-refractivity contribution in [3.63, 3.8) is 0 Å². The first-order valence-corrected chi connectivity index (χ1v) is 26.8. The van der Waals surface area contributed by atoms with Crippen LogP contribution >= 0.6 is 0 Å². The van der Waals surface area contributed by atoms with Crippen LogP contribution in [0.15, 0.2) is 315 Å². The summed E-state index contributed by atoms with van der Waals surface area (Å²) in [6, 6.07) is 115. The molecule has 0 aromatic heterocycles. The van der Waals surface area contributed by atoms with Crippen LogP contribution in [0.1, 0.15) is 0 Å². The highest BCUT2D eigenvalue weighted by Crippen LogP contribution is 2.49. The lowest BCUT2D eigenvalue weighted by Gasteiger charge is -2.26. The molecule has 78 heavy (non-hydrogen) atoms. The summed E-state index contributed by atoms with van der Waals surface area (Å²) in [6.07, 6.45) is 0. The zero-order chi connectivity index (χ0) is 51.8. The first kappa shape index (κ1) is 46.3. The highest BCUT2D eigenvalue weighted by atomic mass is 15.1. The fourth-order valence-electron chi connectivity index (χ4n) is 11.9. The highest BCUT2D eigenvalue weighted by molar-refractivity contribution is 6.24. The van der Waals surface area contributed by atoms with E-state index in [4.69, 9.17) is 0 Å². The number of fused-ring (bicyclic) bond motifs is 4. The SMILES string of the molecule is c1ccc(-c2c3ccccc3c(-c3ccc(N(c4ccccc4)c4ccccc4)cc3)c3cc(-c4ccc5c(-c6ccccc6)c6ccccc6c(-c6ccc(N(c7ccccc7)c7ccccc7)cc6)c5c4)ccc23)cc1. The van der Waals surface area contributed by atoms with Crippen molar-refractivity contribution in [1.82, 2.24) is 0 Å². The Bertz CT molecular complexity index is 4060. The summed E-state index contributed by atoms with van der Waals surface area (Å²) in [5.74, 6) is 0. The van der Waals surface area contributed by atoms with E-state index in [0.29, 0.717) is 0 Å². The maximum absolute atomic E-state index is 2.45. The van der Waals surface area contributed by atoms with E-state index < -0.39 is 0 Å². The minimum Gasteiger partial charge on any atom is -0.311 e. The molecule has 2 nitrogen and oxygen atoms in total. The summed E-state index contributed by atoms with van der Waals surface area (Å²) in [5, 5.41) is 9.76. The monoisotopic (exact) mass is 992 g/mol. The van der Waals surface area contributed by atoms with Crippen LogP contribution in [-0.4, -0.2) is 0 Å². The van der Waals surface area contributed by atoms with Gasteiger partial charge in [0, 0.05) is 34.1 Å². The van der Waals surface area contributed by atoms with Crippen molar-refractivity contribution in [2.45, 2.75) is 0 Å². The summed E-state index contributed by atoms with van der Waals surface area (Å²) >= 11 is 0. The Morgan fingerprint density at radius 2 is 0.346 bits per heavy atom. The van der Waals surface area contributed by atoms with Crippen LogP contribution in [0.3, 0.4) is 0 Å². The number of rotatable bonds is 11. The lowest BCUT2D eigenvalue weighted by molar-refractivity contribution is 1.28. The molecule has 14 rings (SSSR count). The third-order valence-electron chi connectivity index (χ3n) is 15.4. The standard InChI is InChI=1S/C76H52N2/c1-7-23-53(24-8-1)73-65-35-19-21-37-67(65)75(55-39-45-63(46-40-55)77(59-27-11-3-12-28-59)60-29-13-4-14-30-60)71-51-57(43-49-69(71)73)58-44-50-70-72(52-58)76(68-38-22-20-36-66(68)74(70)54-25-9-2-10-26-54)56-41-47-64(48-42-56)78(61-31-15-5-16-32-61)62-33-17-6-18-34-62/h1-52H. The quantitative estimate of drug-likeness (QED) is 0.119. The Hall–Kier alpha value is -10.3. The molecule has 14 aromatic carbocycles. The zero-order valence-electron chi connectivity index (χ0n) is 42.9. The van der Waals surface area contributed by atoms with Crippen LogP contribution in [0.25, 0.3) is 98.7 Å². The predicted octanol–water partition coefficient (Wildman–Crippen LogP) is 21.6. The maximum atomic E-state index is 2.45. The molecule has 0 heterocycles. The molecule has 0 atom stereocenters. The van der Waals surface area contributed by atoms with Crippen LogP contribution in [0.5, 0.6) is 0 Å². The van der Waals surface area contributed by atoms with E-state index in [-0.39, 0.29) is 0 Å². The molecule has 0 aliphatic rings. The Morgan fingerprint density at radius 1 is 0.141 bits per heavy atom. The van der Waals surface area contributed by atoms with E-state index in [0.717, 1.165) is 45.3 Å². The fraction of sp³-hybridized carbons (Fsp3) is 0. The second kappa shape index (κ2) is 20.1. The van der Waals surface area contributed by atoms with Crippen molar-refractivity contribution in [2.75, 3.05) is 9.80 Å². The molecule has 0 bridgehead atoms. The molecule has 0 saturated heterocycles. The highest BCUT2D eigenvalue weighted by Gasteiger charge is 2.22. The molecule has 14 aromatic rings. The summed E-state index contributed by atoms with van der Waals surface area (Å²) < 4.78 is 0. The molecule has 0 N–H and O–H groups in total. The van der Waals surface area contributed by atoms with E-state index in [2.05, 4.69) is 325 Å². The van der Waals surface area contributed by atoms with Crippen LogP contribution < -0.4 is 9.80 Å². The van der Waals surface area contributed by atoms with Gasteiger partial charge in [0.2, 0.25) is 0 Å². The average Bonchev–Trinajstić information content (AvgIpc) is 3.62. The zero-order valence-corrected chi connectivity index (χ0v) is 42.9. The number of anilines is 6. The molecule has 0 aliphatic heterocycles. The third-order valence-corrected chi connectivity index (χ3v) is 15.4. The smallest absolute Gasteiger partial charge is 0.0462 e. The van der Waals surface area contributed by atoms with Crippen LogP contribution in [0.2, 0.25) is 0 Å².